The first-order valence-corrected chi connectivity index (χ1v) is 5.19. The number of hydrogen-bond acceptors (Lipinski definition) is 3. The zero-order chi connectivity index (χ0) is 7.40. The molecule has 10 heavy (non-hydrogen) atoms. The third-order valence-electron chi connectivity index (χ3n) is 1.92. The van der Waals surface area contributed by atoms with E-state index in [0.717, 1.165) is 6.54 Å². The van der Waals surface area contributed by atoms with Gasteiger partial charge in [0.1, 0.15) is 0 Å². The fourth-order valence-corrected chi connectivity index (χ4v) is 1.73. The number of rotatable bonds is 3. The van der Waals surface area contributed by atoms with Crippen LogP contribution in [0.4, 0.5) is 0 Å². The Hall–Kier alpha value is 0.270. The van der Waals surface area contributed by atoms with Crippen LogP contribution in [-0.2, 0) is 0 Å². The molecule has 2 nitrogen and oxygen atoms in total. The summed E-state index contributed by atoms with van der Waals surface area (Å²) in [7, 11) is 0. The topological polar surface area (TPSA) is 29.3 Å². The van der Waals surface area contributed by atoms with Crippen LogP contribution in [-0.4, -0.2) is 42.6 Å². The normalized spacial score (nSPS) is 27.6. The van der Waals surface area contributed by atoms with E-state index in [4.69, 9.17) is 5.73 Å². The molecule has 0 saturated carbocycles. The van der Waals surface area contributed by atoms with Crippen LogP contribution in [0, 0.1) is 0 Å². The van der Waals surface area contributed by atoms with Crippen LogP contribution in [0.15, 0.2) is 0 Å². The largest absolute Gasteiger partial charge is 0.326 e. The maximum absolute atomic E-state index is 5.75. The van der Waals surface area contributed by atoms with Gasteiger partial charge in [0.15, 0.2) is 0 Å². The minimum atomic E-state index is 0.446. The fraction of sp³-hybridized carbons (Fsp3) is 1.00. The molecule has 1 heterocycles. The molecular formula is C7H16N2S. The lowest BCUT2D eigenvalue weighted by molar-refractivity contribution is 0.357. The van der Waals surface area contributed by atoms with Crippen molar-refractivity contribution in [2.24, 2.45) is 5.73 Å². The molecular weight excluding hydrogens is 144 g/mol. The minimum Gasteiger partial charge on any atom is -0.326 e. The van der Waals surface area contributed by atoms with Crippen LogP contribution in [0.1, 0.15) is 6.42 Å². The fourth-order valence-electron chi connectivity index (χ4n) is 1.29. The highest BCUT2D eigenvalue weighted by Gasteiger charge is 2.17. The standard InChI is InChI=1S/C7H16N2S/c1-10-5-4-9-3-2-7(8)6-9/h7H,2-6,8H2,1H3. The molecule has 0 aromatic carbocycles. The Balaban J connectivity index is 2.06. The predicted molar refractivity (Wildman–Crippen MR) is 47.4 cm³/mol. The lowest BCUT2D eigenvalue weighted by Gasteiger charge is -2.13. The average molecular weight is 160 g/mol. The Labute approximate surface area is 67.1 Å². The molecule has 0 aliphatic carbocycles. The molecule has 1 aliphatic rings. The van der Waals surface area contributed by atoms with Crippen molar-refractivity contribution in [2.45, 2.75) is 12.5 Å². The number of likely N-dealkylation sites (tertiary alicyclic amines) is 1. The first-order chi connectivity index (χ1) is 4.83. The molecule has 2 N–H and O–H groups in total. The summed E-state index contributed by atoms with van der Waals surface area (Å²) < 4.78 is 0. The van der Waals surface area contributed by atoms with Gasteiger partial charge >= 0.3 is 0 Å². The molecule has 1 unspecified atom stereocenters. The maximum Gasteiger partial charge on any atom is 0.0180 e. The Kier molecular flexibility index (Phi) is 3.52. The van der Waals surface area contributed by atoms with Gasteiger partial charge in [-0.25, -0.2) is 0 Å². The van der Waals surface area contributed by atoms with E-state index in [1.54, 1.807) is 0 Å². The van der Waals surface area contributed by atoms with E-state index < -0.39 is 0 Å². The molecule has 0 radical (unpaired) electrons. The Bertz CT molecular complexity index is 97.6. The highest BCUT2D eigenvalue weighted by Crippen LogP contribution is 2.06. The van der Waals surface area contributed by atoms with Gasteiger partial charge in [-0.3, -0.25) is 0 Å². The van der Waals surface area contributed by atoms with Crippen molar-refractivity contribution in [3.05, 3.63) is 0 Å². The van der Waals surface area contributed by atoms with Gasteiger partial charge in [-0.05, 0) is 19.2 Å². The smallest absolute Gasteiger partial charge is 0.0180 e. The van der Waals surface area contributed by atoms with E-state index in [-0.39, 0.29) is 0 Å². The van der Waals surface area contributed by atoms with E-state index in [2.05, 4.69) is 11.2 Å². The van der Waals surface area contributed by atoms with Gasteiger partial charge in [0.25, 0.3) is 0 Å². The van der Waals surface area contributed by atoms with Gasteiger partial charge in [0.2, 0.25) is 0 Å². The molecule has 0 spiro atoms. The van der Waals surface area contributed by atoms with Crippen molar-refractivity contribution >= 4 is 11.8 Å². The van der Waals surface area contributed by atoms with Gasteiger partial charge in [-0.2, -0.15) is 11.8 Å². The molecule has 1 saturated heterocycles. The van der Waals surface area contributed by atoms with E-state index >= 15 is 0 Å². The van der Waals surface area contributed by atoms with Gasteiger partial charge in [0.05, 0.1) is 0 Å². The van der Waals surface area contributed by atoms with Gasteiger partial charge in [-0.1, -0.05) is 0 Å². The van der Waals surface area contributed by atoms with Gasteiger partial charge in [0, 0.05) is 24.9 Å². The third kappa shape index (κ3) is 2.48. The molecule has 0 aromatic rings. The molecule has 1 atom stereocenters. The second kappa shape index (κ2) is 4.21. The third-order valence-corrected chi connectivity index (χ3v) is 2.51. The summed E-state index contributed by atoms with van der Waals surface area (Å²) in [6, 6.07) is 0.446. The van der Waals surface area contributed by atoms with Crippen LogP contribution in [0.25, 0.3) is 0 Å². The average Bonchev–Trinajstić information content (AvgIpc) is 2.31. The van der Waals surface area contributed by atoms with Crippen LogP contribution >= 0.6 is 11.8 Å². The summed E-state index contributed by atoms with van der Waals surface area (Å²) in [6.45, 7) is 3.54. The predicted octanol–water partition coefficient (Wildman–Crippen LogP) is 0.382. The van der Waals surface area contributed by atoms with E-state index in [1.807, 2.05) is 11.8 Å². The van der Waals surface area contributed by atoms with Crippen LogP contribution in [0.5, 0.6) is 0 Å². The Morgan fingerprint density at radius 1 is 1.70 bits per heavy atom. The number of thioether (sulfide) groups is 1. The van der Waals surface area contributed by atoms with E-state index in [1.165, 1.54) is 25.3 Å². The monoisotopic (exact) mass is 160 g/mol. The lowest BCUT2D eigenvalue weighted by Crippen LogP contribution is -2.28. The molecule has 3 heteroatoms. The first-order valence-electron chi connectivity index (χ1n) is 3.80. The van der Waals surface area contributed by atoms with Crippen LogP contribution < -0.4 is 5.73 Å². The quantitative estimate of drug-likeness (QED) is 0.647. The number of hydrogen-bond donors (Lipinski definition) is 1. The molecule has 1 aliphatic heterocycles. The Morgan fingerprint density at radius 2 is 2.50 bits per heavy atom. The summed E-state index contributed by atoms with van der Waals surface area (Å²) in [5.41, 5.74) is 5.75. The molecule has 0 amide bonds. The van der Waals surface area contributed by atoms with Crippen LogP contribution in [0.3, 0.4) is 0 Å². The van der Waals surface area contributed by atoms with Crippen molar-refractivity contribution in [3.8, 4) is 0 Å². The number of nitrogens with two attached hydrogens (primary N) is 1. The highest BCUT2D eigenvalue weighted by atomic mass is 32.2. The first kappa shape index (κ1) is 8.37. The highest BCUT2D eigenvalue weighted by molar-refractivity contribution is 7.98. The molecule has 0 aromatic heterocycles. The van der Waals surface area contributed by atoms with Crippen molar-refractivity contribution in [3.63, 3.8) is 0 Å². The summed E-state index contributed by atoms with van der Waals surface area (Å²) in [4.78, 5) is 2.45. The second-order valence-electron chi connectivity index (χ2n) is 2.84. The molecule has 1 rings (SSSR count). The maximum atomic E-state index is 5.75. The molecule has 0 bridgehead atoms. The summed E-state index contributed by atoms with van der Waals surface area (Å²) in [6.07, 6.45) is 3.34. The summed E-state index contributed by atoms with van der Waals surface area (Å²) in [5.74, 6) is 1.24. The summed E-state index contributed by atoms with van der Waals surface area (Å²) >= 11 is 1.91. The van der Waals surface area contributed by atoms with Gasteiger partial charge in [-0.15, -0.1) is 0 Å². The van der Waals surface area contributed by atoms with Crippen LogP contribution in [0.2, 0.25) is 0 Å². The van der Waals surface area contributed by atoms with E-state index in [0.29, 0.717) is 6.04 Å². The van der Waals surface area contributed by atoms with Crippen molar-refractivity contribution < 1.29 is 0 Å². The van der Waals surface area contributed by atoms with Gasteiger partial charge < -0.3 is 10.6 Å². The minimum absolute atomic E-state index is 0.446. The Morgan fingerprint density at radius 3 is 3.00 bits per heavy atom. The zero-order valence-corrected chi connectivity index (χ0v) is 7.36. The zero-order valence-electron chi connectivity index (χ0n) is 6.55. The molecule has 1 fully saturated rings. The molecule has 60 valence electrons. The second-order valence-corrected chi connectivity index (χ2v) is 3.83. The summed E-state index contributed by atoms with van der Waals surface area (Å²) in [5, 5.41) is 0. The van der Waals surface area contributed by atoms with Crippen molar-refractivity contribution in [2.75, 3.05) is 31.6 Å². The van der Waals surface area contributed by atoms with Crippen molar-refractivity contribution in [1.29, 1.82) is 0 Å². The van der Waals surface area contributed by atoms with E-state index in [9.17, 15) is 0 Å². The SMILES string of the molecule is CSCCN1CCC(N)C1. The van der Waals surface area contributed by atoms with Crippen molar-refractivity contribution in [1.82, 2.24) is 4.90 Å². The lowest BCUT2D eigenvalue weighted by atomic mass is 10.3. The number of nitrogens with zero attached hydrogens (tertiary/aromatic N) is 1.